The monoisotopic (exact) mass is 442 g/mol. The Morgan fingerprint density at radius 2 is 1.94 bits per heavy atom. The highest BCUT2D eigenvalue weighted by Gasteiger charge is 2.29. The van der Waals surface area contributed by atoms with E-state index in [-0.39, 0.29) is 23.8 Å². The van der Waals surface area contributed by atoms with E-state index in [2.05, 4.69) is 37.6 Å². The Bertz CT molecular complexity index is 973. The molecule has 0 radical (unpaired) electrons. The van der Waals surface area contributed by atoms with Crippen LogP contribution in [0.25, 0.3) is 0 Å². The van der Waals surface area contributed by atoms with Gasteiger partial charge in [-0.05, 0) is 29.7 Å². The highest BCUT2D eigenvalue weighted by molar-refractivity contribution is 7.09. The van der Waals surface area contributed by atoms with E-state index >= 15 is 0 Å². The molecule has 0 spiro atoms. The number of rotatable bonds is 4. The van der Waals surface area contributed by atoms with Gasteiger partial charge in [-0.1, -0.05) is 33.8 Å². The number of likely N-dealkylation sites (N-methyl/N-ethyl adjacent to an activating group) is 1. The average Bonchev–Trinajstić information content (AvgIpc) is 3.23. The van der Waals surface area contributed by atoms with Gasteiger partial charge in [-0.3, -0.25) is 14.5 Å². The number of piperazine rings is 1. The molecule has 2 amide bonds. The highest BCUT2D eigenvalue weighted by atomic mass is 32.1. The number of benzene rings is 1. The summed E-state index contributed by atoms with van der Waals surface area (Å²) in [5.41, 5.74) is 2.33. The number of anilines is 1. The number of carbonyl (C=O) groups is 2. The maximum atomic E-state index is 12.9. The van der Waals surface area contributed by atoms with Crippen LogP contribution in [0.2, 0.25) is 0 Å². The van der Waals surface area contributed by atoms with Crippen LogP contribution in [0.3, 0.4) is 0 Å². The third kappa shape index (κ3) is 4.60. The molecule has 1 fully saturated rings. The first kappa shape index (κ1) is 21.8. The van der Waals surface area contributed by atoms with Gasteiger partial charge in [0.05, 0.1) is 12.2 Å². The van der Waals surface area contributed by atoms with Crippen LogP contribution in [0, 0.1) is 0 Å². The van der Waals surface area contributed by atoms with Gasteiger partial charge in [0, 0.05) is 31.6 Å². The molecular weight excluding hydrogens is 412 g/mol. The summed E-state index contributed by atoms with van der Waals surface area (Å²) in [5.74, 6) is 0.577. The number of aromatic nitrogens is 1. The summed E-state index contributed by atoms with van der Waals surface area (Å²) in [6.45, 7) is 13.2. The average molecular weight is 443 g/mol. The number of thiazole rings is 1. The van der Waals surface area contributed by atoms with Crippen LogP contribution >= 0.6 is 11.3 Å². The Labute approximate surface area is 187 Å². The summed E-state index contributed by atoms with van der Waals surface area (Å²) in [6, 6.07) is 6.01. The molecule has 0 atom stereocenters. The zero-order chi connectivity index (χ0) is 22.2. The molecule has 2 aromatic rings. The molecule has 4 rings (SSSR count). The van der Waals surface area contributed by atoms with Gasteiger partial charge >= 0.3 is 0 Å². The summed E-state index contributed by atoms with van der Waals surface area (Å²) >= 11 is 1.42. The predicted molar refractivity (Wildman–Crippen MR) is 122 cm³/mol. The summed E-state index contributed by atoms with van der Waals surface area (Å²) in [7, 11) is 0. The van der Waals surface area contributed by atoms with E-state index < -0.39 is 0 Å². The van der Waals surface area contributed by atoms with Gasteiger partial charge in [-0.2, -0.15) is 0 Å². The smallest absolute Gasteiger partial charge is 0.273 e. The van der Waals surface area contributed by atoms with Gasteiger partial charge in [0.25, 0.3) is 11.8 Å². The number of fused-ring (bicyclic) bond motifs is 1. The molecule has 7 nitrogen and oxygen atoms in total. The highest BCUT2D eigenvalue weighted by Crippen LogP contribution is 2.37. The molecular formula is C23H30N4O3S. The Morgan fingerprint density at radius 3 is 2.61 bits per heavy atom. The SMILES string of the molecule is CCN1CCN(C(=O)c2csc(CN3C(=O)COc4ccc(C(C)(C)C)cc43)n2)CC1. The summed E-state index contributed by atoms with van der Waals surface area (Å²) < 4.78 is 5.64. The van der Waals surface area contributed by atoms with E-state index in [9.17, 15) is 9.59 Å². The largest absolute Gasteiger partial charge is 0.482 e. The minimum atomic E-state index is -0.0997. The second-order valence-electron chi connectivity index (χ2n) is 9.05. The Morgan fingerprint density at radius 1 is 1.19 bits per heavy atom. The van der Waals surface area contributed by atoms with Gasteiger partial charge in [0.15, 0.2) is 6.61 Å². The minimum absolute atomic E-state index is 0.0146. The molecule has 8 heteroatoms. The molecule has 2 aliphatic rings. The second-order valence-corrected chi connectivity index (χ2v) is 10.00. The van der Waals surface area contributed by atoms with Gasteiger partial charge < -0.3 is 14.5 Å². The summed E-state index contributed by atoms with van der Waals surface area (Å²) in [4.78, 5) is 36.0. The van der Waals surface area contributed by atoms with Crippen LogP contribution in [-0.2, 0) is 16.8 Å². The molecule has 3 heterocycles. The van der Waals surface area contributed by atoms with Crippen molar-refractivity contribution in [3.8, 4) is 5.75 Å². The van der Waals surface area contributed by atoms with Crippen LogP contribution in [0.15, 0.2) is 23.6 Å². The number of nitrogens with zero attached hydrogens (tertiary/aromatic N) is 4. The number of amides is 2. The third-order valence-corrected chi connectivity index (χ3v) is 6.77. The molecule has 0 unspecified atom stereocenters. The summed E-state index contributed by atoms with van der Waals surface area (Å²) in [5, 5.41) is 2.55. The number of hydrogen-bond donors (Lipinski definition) is 0. The maximum absolute atomic E-state index is 12.9. The molecule has 1 aromatic heterocycles. The van der Waals surface area contributed by atoms with Crippen molar-refractivity contribution >= 4 is 28.8 Å². The molecule has 0 saturated carbocycles. The molecule has 0 bridgehead atoms. The zero-order valence-electron chi connectivity index (χ0n) is 18.7. The second kappa shape index (κ2) is 8.59. The minimum Gasteiger partial charge on any atom is -0.482 e. The van der Waals surface area contributed by atoms with E-state index in [4.69, 9.17) is 4.74 Å². The van der Waals surface area contributed by atoms with E-state index in [1.54, 1.807) is 10.3 Å². The predicted octanol–water partition coefficient (Wildman–Crippen LogP) is 3.14. The molecule has 31 heavy (non-hydrogen) atoms. The fourth-order valence-corrected chi connectivity index (χ4v) is 4.64. The van der Waals surface area contributed by atoms with Crippen molar-refractivity contribution in [3.63, 3.8) is 0 Å². The fourth-order valence-electron chi connectivity index (χ4n) is 3.89. The Hall–Kier alpha value is -2.45. The van der Waals surface area contributed by atoms with Gasteiger partial charge in [-0.15, -0.1) is 11.3 Å². The zero-order valence-corrected chi connectivity index (χ0v) is 19.5. The van der Waals surface area contributed by atoms with Crippen molar-refractivity contribution in [2.75, 3.05) is 44.2 Å². The molecule has 0 aliphatic carbocycles. The van der Waals surface area contributed by atoms with Crippen molar-refractivity contribution in [3.05, 3.63) is 39.8 Å². The maximum Gasteiger partial charge on any atom is 0.273 e. The Balaban J connectivity index is 1.51. The number of ether oxygens (including phenoxy) is 1. The number of hydrogen-bond acceptors (Lipinski definition) is 6. The number of carbonyl (C=O) groups excluding carboxylic acids is 2. The molecule has 166 valence electrons. The lowest BCUT2D eigenvalue weighted by Crippen LogP contribution is -2.48. The van der Waals surface area contributed by atoms with Gasteiger partial charge in [0.2, 0.25) is 0 Å². The van der Waals surface area contributed by atoms with Crippen molar-refractivity contribution < 1.29 is 14.3 Å². The topological polar surface area (TPSA) is 66.0 Å². The van der Waals surface area contributed by atoms with Gasteiger partial charge in [0.1, 0.15) is 16.5 Å². The van der Waals surface area contributed by atoms with Crippen molar-refractivity contribution in [2.24, 2.45) is 0 Å². The first-order valence-corrected chi connectivity index (χ1v) is 11.7. The lowest BCUT2D eigenvalue weighted by atomic mass is 9.86. The van der Waals surface area contributed by atoms with Crippen LogP contribution in [0.4, 0.5) is 5.69 Å². The van der Waals surface area contributed by atoms with Gasteiger partial charge in [-0.25, -0.2) is 4.98 Å². The first-order chi connectivity index (χ1) is 14.8. The van der Waals surface area contributed by atoms with Crippen molar-refractivity contribution in [2.45, 2.75) is 39.7 Å². The van der Waals surface area contributed by atoms with Crippen molar-refractivity contribution in [1.82, 2.24) is 14.8 Å². The van der Waals surface area contributed by atoms with Crippen LogP contribution in [0.5, 0.6) is 5.75 Å². The molecule has 1 saturated heterocycles. The molecule has 2 aliphatic heterocycles. The van der Waals surface area contributed by atoms with Crippen LogP contribution in [0.1, 0.15) is 48.8 Å². The molecule has 1 aromatic carbocycles. The van der Waals surface area contributed by atoms with E-state index in [1.807, 2.05) is 23.1 Å². The third-order valence-electron chi connectivity index (χ3n) is 5.94. The first-order valence-electron chi connectivity index (χ1n) is 10.8. The van der Waals surface area contributed by atoms with E-state index in [0.29, 0.717) is 18.0 Å². The lowest BCUT2D eigenvalue weighted by molar-refractivity contribution is -0.121. The molecule has 0 N–H and O–H groups in total. The normalized spacial score (nSPS) is 17.5. The summed E-state index contributed by atoms with van der Waals surface area (Å²) in [6.07, 6.45) is 0. The fraction of sp³-hybridized carbons (Fsp3) is 0.522. The van der Waals surface area contributed by atoms with Crippen molar-refractivity contribution in [1.29, 1.82) is 0 Å². The standard InChI is InChI=1S/C23H30N4O3S/c1-5-25-8-10-26(11-9-25)22(29)17-15-31-20(24-17)13-27-18-12-16(23(2,3)4)6-7-19(18)30-14-21(27)28/h6-7,12,15H,5,8-11,13-14H2,1-4H3. The van der Waals surface area contributed by atoms with E-state index in [1.165, 1.54) is 11.3 Å². The van der Waals surface area contributed by atoms with Crippen LogP contribution in [-0.4, -0.2) is 65.9 Å². The Kier molecular flexibility index (Phi) is 6.03. The lowest BCUT2D eigenvalue weighted by Gasteiger charge is -2.33. The van der Waals surface area contributed by atoms with E-state index in [0.717, 1.165) is 49.0 Å². The quantitative estimate of drug-likeness (QED) is 0.728. The van der Waals surface area contributed by atoms with Crippen LogP contribution < -0.4 is 9.64 Å².